The lowest BCUT2D eigenvalue weighted by Crippen LogP contribution is -2.17. The summed E-state index contributed by atoms with van der Waals surface area (Å²) >= 11 is 0. The van der Waals surface area contributed by atoms with E-state index < -0.39 is 0 Å². The molecule has 0 radical (unpaired) electrons. The van der Waals surface area contributed by atoms with E-state index in [1.807, 2.05) is 18.5 Å². The third-order valence-corrected chi connectivity index (χ3v) is 4.37. The maximum absolute atomic E-state index is 5.58. The summed E-state index contributed by atoms with van der Waals surface area (Å²) in [6, 6.07) is 14.5. The summed E-state index contributed by atoms with van der Waals surface area (Å²) in [5.74, 6) is 2.68. The summed E-state index contributed by atoms with van der Waals surface area (Å²) in [5.41, 5.74) is 3.49. The van der Waals surface area contributed by atoms with Crippen molar-refractivity contribution in [1.82, 2.24) is 9.55 Å². The van der Waals surface area contributed by atoms with Crippen LogP contribution in [0.1, 0.15) is 11.4 Å². The molecule has 0 saturated carbocycles. The predicted molar refractivity (Wildman–Crippen MR) is 86.2 cm³/mol. The molecule has 114 valence electrons. The average molecular weight is 305 g/mol. The summed E-state index contributed by atoms with van der Waals surface area (Å²) < 4.78 is 13.3. The molecular weight excluding hydrogens is 290 g/mol. The van der Waals surface area contributed by atoms with E-state index in [1.54, 1.807) is 0 Å². The molecule has 2 aromatic carbocycles. The molecule has 0 N–H and O–H groups in total. The van der Waals surface area contributed by atoms with Gasteiger partial charge in [0.05, 0.1) is 18.8 Å². The zero-order valence-electron chi connectivity index (χ0n) is 12.5. The van der Waals surface area contributed by atoms with Crippen LogP contribution in [0.2, 0.25) is 0 Å². The fourth-order valence-corrected chi connectivity index (χ4v) is 3.24. The van der Waals surface area contributed by atoms with Crippen LogP contribution in [0.5, 0.6) is 11.5 Å². The van der Waals surface area contributed by atoms with Crippen LogP contribution < -0.4 is 14.4 Å². The lowest BCUT2D eigenvalue weighted by Gasteiger charge is -2.24. The van der Waals surface area contributed by atoms with Gasteiger partial charge in [-0.15, -0.1) is 0 Å². The van der Waals surface area contributed by atoms with Gasteiger partial charge in [-0.3, -0.25) is 0 Å². The molecule has 0 atom stereocenters. The molecule has 2 aliphatic heterocycles. The van der Waals surface area contributed by atoms with Gasteiger partial charge in [-0.2, -0.15) is 0 Å². The normalized spacial score (nSPS) is 15.0. The maximum atomic E-state index is 5.58. The van der Waals surface area contributed by atoms with Crippen LogP contribution in [0.15, 0.2) is 54.9 Å². The monoisotopic (exact) mass is 305 g/mol. The Hall–Kier alpha value is -2.95. The Kier molecular flexibility index (Phi) is 2.61. The second-order valence-electron chi connectivity index (χ2n) is 5.73. The highest BCUT2D eigenvalue weighted by Crippen LogP contribution is 2.42. The molecular formula is C18H15N3O2. The second kappa shape index (κ2) is 4.78. The molecule has 3 heterocycles. The van der Waals surface area contributed by atoms with Gasteiger partial charge in [0.1, 0.15) is 5.82 Å². The zero-order chi connectivity index (χ0) is 15.2. The van der Waals surface area contributed by atoms with Crippen molar-refractivity contribution < 1.29 is 9.47 Å². The van der Waals surface area contributed by atoms with E-state index in [-0.39, 0.29) is 0 Å². The van der Waals surface area contributed by atoms with E-state index >= 15 is 0 Å². The van der Waals surface area contributed by atoms with Crippen molar-refractivity contribution in [2.75, 3.05) is 11.7 Å². The van der Waals surface area contributed by atoms with Crippen molar-refractivity contribution in [2.24, 2.45) is 0 Å². The maximum Gasteiger partial charge on any atom is 0.231 e. The van der Waals surface area contributed by atoms with Crippen molar-refractivity contribution in [1.29, 1.82) is 0 Å². The molecule has 23 heavy (non-hydrogen) atoms. The first-order chi connectivity index (χ1) is 11.4. The number of hydrogen-bond acceptors (Lipinski definition) is 4. The number of anilines is 2. The highest BCUT2D eigenvalue weighted by Gasteiger charge is 2.25. The minimum absolute atomic E-state index is 0.292. The van der Waals surface area contributed by atoms with Crippen LogP contribution in [0.25, 0.3) is 0 Å². The first-order valence-electron chi connectivity index (χ1n) is 7.63. The van der Waals surface area contributed by atoms with Gasteiger partial charge in [0, 0.05) is 24.1 Å². The zero-order valence-corrected chi connectivity index (χ0v) is 12.5. The fourth-order valence-electron chi connectivity index (χ4n) is 3.24. The van der Waals surface area contributed by atoms with Crippen LogP contribution >= 0.6 is 0 Å². The number of benzene rings is 2. The predicted octanol–water partition coefficient (Wildman–Crippen LogP) is 3.31. The number of rotatable bonds is 1. The molecule has 5 heteroatoms. The van der Waals surface area contributed by atoms with Gasteiger partial charge in [-0.05, 0) is 23.8 Å². The van der Waals surface area contributed by atoms with Gasteiger partial charge in [0.2, 0.25) is 6.79 Å². The van der Waals surface area contributed by atoms with E-state index in [9.17, 15) is 0 Å². The topological polar surface area (TPSA) is 39.5 Å². The van der Waals surface area contributed by atoms with Crippen LogP contribution in [0.4, 0.5) is 11.4 Å². The fraction of sp³-hybridized carbons (Fsp3) is 0.167. The smallest absolute Gasteiger partial charge is 0.231 e. The first kappa shape index (κ1) is 12.6. The van der Waals surface area contributed by atoms with Crippen molar-refractivity contribution in [2.45, 2.75) is 13.1 Å². The van der Waals surface area contributed by atoms with E-state index in [0.717, 1.165) is 41.8 Å². The molecule has 5 nitrogen and oxygen atoms in total. The Balaban J connectivity index is 1.72. The summed E-state index contributed by atoms with van der Waals surface area (Å²) in [7, 11) is 0. The molecule has 0 bridgehead atoms. The first-order valence-corrected chi connectivity index (χ1v) is 7.63. The number of imidazole rings is 1. The third kappa shape index (κ3) is 1.97. The van der Waals surface area contributed by atoms with Gasteiger partial charge < -0.3 is 18.9 Å². The van der Waals surface area contributed by atoms with Gasteiger partial charge in [0.25, 0.3) is 0 Å². The molecule has 0 aliphatic carbocycles. The van der Waals surface area contributed by atoms with Crippen LogP contribution in [0.3, 0.4) is 0 Å². The molecule has 0 spiro atoms. The lowest BCUT2D eigenvalue weighted by atomic mass is 10.1. The largest absolute Gasteiger partial charge is 0.454 e. The minimum atomic E-state index is 0.292. The molecule has 2 aliphatic rings. The van der Waals surface area contributed by atoms with Crippen molar-refractivity contribution in [3.63, 3.8) is 0 Å². The quantitative estimate of drug-likeness (QED) is 0.691. The summed E-state index contributed by atoms with van der Waals surface area (Å²) in [4.78, 5) is 6.79. The van der Waals surface area contributed by atoms with Gasteiger partial charge >= 0.3 is 0 Å². The Morgan fingerprint density at radius 3 is 2.65 bits per heavy atom. The molecule has 0 amide bonds. The summed E-state index contributed by atoms with van der Waals surface area (Å²) in [5, 5.41) is 0. The highest BCUT2D eigenvalue weighted by molar-refractivity contribution is 5.71. The third-order valence-electron chi connectivity index (χ3n) is 4.37. The minimum Gasteiger partial charge on any atom is -0.454 e. The molecule has 0 saturated heterocycles. The van der Waals surface area contributed by atoms with Crippen molar-refractivity contribution in [3.05, 3.63) is 66.2 Å². The number of fused-ring (bicyclic) bond motifs is 3. The Morgan fingerprint density at radius 1 is 0.957 bits per heavy atom. The van der Waals surface area contributed by atoms with E-state index in [1.165, 1.54) is 5.56 Å². The molecule has 1 aromatic heterocycles. The SMILES string of the molecule is c1ccc(N2Cc3nccn3Cc3cc4c(cc32)OCO4)cc1. The lowest BCUT2D eigenvalue weighted by molar-refractivity contribution is 0.174. The van der Waals surface area contributed by atoms with Gasteiger partial charge in [0.15, 0.2) is 11.5 Å². The number of ether oxygens (including phenoxy) is 2. The molecule has 5 rings (SSSR count). The van der Waals surface area contributed by atoms with Crippen LogP contribution in [-0.2, 0) is 13.1 Å². The summed E-state index contributed by atoms with van der Waals surface area (Å²) in [6.07, 6.45) is 3.88. The Labute approximate surface area is 133 Å². The Morgan fingerprint density at radius 2 is 1.78 bits per heavy atom. The van der Waals surface area contributed by atoms with Crippen molar-refractivity contribution >= 4 is 11.4 Å². The number of aromatic nitrogens is 2. The van der Waals surface area contributed by atoms with Gasteiger partial charge in [-0.1, -0.05) is 18.2 Å². The number of nitrogens with zero attached hydrogens (tertiary/aromatic N) is 3. The van der Waals surface area contributed by atoms with E-state index in [0.29, 0.717) is 6.79 Å². The molecule has 0 fully saturated rings. The van der Waals surface area contributed by atoms with E-state index in [2.05, 4.69) is 50.8 Å². The standard InChI is InChI=1S/C18H15N3O2/c1-2-4-14(5-3-1)21-11-18-19-6-7-20(18)10-13-8-16-17(9-15(13)21)23-12-22-16/h1-9H,10-12H2. The van der Waals surface area contributed by atoms with Crippen LogP contribution in [-0.4, -0.2) is 16.3 Å². The molecule has 3 aromatic rings. The highest BCUT2D eigenvalue weighted by atomic mass is 16.7. The average Bonchev–Trinajstić information content (AvgIpc) is 3.19. The molecule has 0 unspecified atom stereocenters. The second-order valence-corrected chi connectivity index (χ2v) is 5.73. The van der Waals surface area contributed by atoms with Gasteiger partial charge in [-0.25, -0.2) is 4.98 Å². The van der Waals surface area contributed by atoms with Crippen molar-refractivity contribution in [3.8, 4) is 11.5 Å². The Bertz CT molecular complexity index is 873. The summed E-state index contributed by atoms with van der Waals surface area (Å²) in [6.45, 7) is 1.80. The number of hydrogen-bond donors (Lipinski definition) is 0. The van der Waals surface area contributed by atoms with E-state index in [4.69, 9.17) is 9.47 Å². The van der Waals surface area contributed by atoms with Crippen LogP contribution in [0, 0.1) is 0 Å². The number of para-hydroxylation sites is 1.